The zero-order valence-corrected chi connectivity index (χ0v) is 14.0. The summed E-state index contributed by atoms with van der Waals surface area (Å²) in [5.41, 5.74) is 12.8. The number of aryl methyl sites for hydroxylation is 2. The molecule has 3 N–H and O–H groups in total. The molecule has 20 heavy (non-hydrogen) atoms. The van der Waals surface area contributed by atoms with Crippen LogP contribution >= 0.6 is 0 Å². The van der Waals surface area contributed by atoms with E-state index in [1.54, 1.807) is 0 Å². The highest BCUT2D eigenvalue weighted by atomic mass is 16.3. The van der Waals surface area contributed by atoms with Crippen molar-refractivity contribution >= 4 is 0 Å². The smallest absolute Gasteiger partial charge is 0.0696 e. The zero-order chi connectivity index (χ0) is 15.4. The Morgan fingerprint density at radius 3 is 2.05 bits per heavy atom. The topological polar surface area (TPSA) is 46.2 Å². The van der Waals surface area contributed by atoms with Crippen molar-refractivity contribution in [3.63, 3.8) is 0 Å². The minimum Gasteiger partial charge on any atom is -0.391 e. The van der Waals surface area contributed by atoms with Crippen LogP contribution in [0.25, 0.3) is 0 Å². The predicted molar refractivity (Wildman–Crippen MR) is 87.3 cm³/mol. The largest absolute Gasteiger partial charge is 0.391 e. The van der Waals surface area contributed by atoms with Crippen molar-refractivity contribution in [3.05, 3.63) is 33.9 Å². The van der Waals surface area contributed by atoms with E-state index in [9.17, 15) is 5.11 Å². The van der Waals surface area contributed by atoms with Crippen molar-refractivity contribution in [2.24, 2.45) is 5.73 Å². The lowest BCUT2D eigenvalue weighted by atomic mass is 9.83. The lowest BCUT2D eigenvalue weighted by Crippen LogP contribution is -2.35. The summed E-state index contributed by atoms with van der Waals surface area (Å²) >= 11 is 0. The van der Waals surface area contributed by atoms with E-state index in [0.717, 1.165) is 19.3 Å². The van der Waals surface area contributed by atoms with Crippen LogP contribution in [0.4, 0.5) is 0 Å². The second-order valence-corrected chi connectivity index (χ2v) is 6.33. The maximum Gasteiger partial charge on any atom is 0.0696 e. The molecule has 0 aromatic heterocycles. The van der Waals surface area contributed by atoms with Crippen LogP contribution in [0.2, 0.25) is 0 Å². The summed E-state index contributed by atoms with van der Waals surface area (Å²) in [5, 5.41) is 10.3. The highest BCUT2D eigenvalue weighted by Gasteiger charge is 2.21. The van der Waals surface area contributed by atoms with Gasteiger partial charge in [-0.2, -0.15) is 0 Å². The summed E-state index contributed by atoms with van der Waals surface area (Å²) in [4.78, 5) is 0. The molecule has 1 aromatic rings. The average molecular weight is 277 g/mol. The predicted octanol–water partition coefficient (Wildman–Crippen LogP) is 3.90. The SMILES string of the molecule is CCCC(N)C(O)CC(C)c1c(C)c(C)cc(C)c1C. The Morgan fingerprint density at radius 2 is 1.60 bits per heavy atom. The van der Waals surface area contributed by atoms with E-state index in [2.05, 4.69) is 47.6 Å². The summed E-state index contributed by atoms with van der Waals surface area (Å²) in [6.07, 6.45) is 2.24. The van der Waals surface area contributed by atoms with Gasteiger partial charge in [0, 0.05) is 6.04 Å². The molecule has 2 heteroatoms. The Balaban J connectivity index is 2.95. The fraction of sp³-hybridized carbons (Fsp3) is 0.667. The molecule has 0 amide bonds. The van der Waals surface area contributed by atoms with Crippen molar-refractivity contribution in [1.82, 2.24) is 0 Å². The molecule has 3 unspecified atom stereocenters. The van der Waals surface area contributed by atoms with Gasteiger partial charge in [-0.3, -0.25) is 0 Å². The zero-order valence-electron chi connectivity index (χ0n) is 14.0. The Hall–Kier alpha value is -0.860. The molecule has 0 heterocycles. The van der Waals surface area contributed by atoms with E-state index in [-0.39, 0.29) is 6.04 Å². The molecule has 0 saturated heterocycles. The fourth-order valence-electron chi connectivity index (χ4n) is 3.17. The monoisotopic (exact) mass is 277 g/mol. The van der Waals surface area contributed by atoms with E-state index in [1.165, 1.54) is 27.8 Å². The molecule has 0 radical (unpaired) electrons. The van der Waals surface area contributed by atoms with Crippen LogP contribution in [0.1, 0.15) is 66.8 Å². The third-order valence-electron chi connectivity index (χ3n) is 4.63. The lowest BCUT2D eigenvalue weighted by Gasteiger charge is -2.25. The Labute approximate surface area is 124 Å². The molecule has 3 atom stereocenters. The minimum atomic E-state index is -0.412. The molecule has 0 aliphatic carbocycles. The van der Waals surface area contributed by atoms with Gasteiger partial charge in [0.2, 0.25) is 0 Å². The van der Waals surface area contributed by atoms with Gasteiger partial charge in [0.1, 0.15) is 0 Å². The maximum absolute atomic E-state index is 10.3. The molecular formula is C18H31NO. The quantitative estimate of drug-likeness (QED) is 0.828. The van der Waals surface area contributed by atoms with Crippen LogP contribution in [0.3, 0.4) is 0 Å². The molecular weight excluding hydrogens is 246 g/mol. The van der Waals surface area contributed by atoms with E-state index in [1.807, 2.05) is 0 Å². The van der Waals surface area contributed by atoms with Crippen molar-refractivity contribution < 1.29 is 5.11 Å². The van der Waals surface area contributed by atoms with Crippen molar-refractivity contribution in [2.75, 3.05) is 0 Å². The first-order valence-corrected chi connectivity index (χ1v) is 7.80. The summed E-state index contributed by atoms with van der Waals surface area (Å²) in [7, 11) is 0. The average Bonchev–Trinajstić information content (AvgIpc) is 2.37. The van der Waals surface area contributed by atoms with Crippen LogP contribution in [0.5, 0.6) is 0 Å². The molecule has 1 rings (SSSR count). The number of hydrogen-bond acceptors (Lipinski definition) is 2. The van der Waals surface area contributed by atoms with Crippen LogP contribution in [-0.4, -0.2) is 17.3 Å². The van der Waals surface area contributed by atoms with E-state index >= 15 is 0 Å². The molecule has 0 bridgehead atoms. The molecule has 0 aliphatic rings. The Morgan fingerprint density at radius 1 is 1.10 bits per heavy atom. The summed E-state index contributed by atoms with van der Waals surface area (Å²) in [6, 6.07) is 2.15. The van der Waals surface area contributed by atoms with Gasteiger partial charge in [-0.15, -0.1) is 0 Å². The van der Waals surface area contributed by atoms with Gasteiger partial charge in [0.15, 0.2) is 0 Å². The van der Waals surface area contributed by atoms with E-state index < -0.39 is 6.10 Å². The minimum absolute atomic E-state index is 0.103. The van der Waals surface area contributed by atoms with Gasteiger partial charge in [-0.25, -0.2) is 0 Å². The number of aliphatic hydroxyl groups is 1. The number of hydrogen-bond donors (Lipinski definition) is 2. The fourth-order valence-corrected chi connectivity index (χ4v) is 3.17. The molecule has 0 aliphatic heterocycles. The third kappa shape index (κ3) is 3.83. The number of nitrogens with two attached hydrogens (primary N) is 1. The van der Waals surface area contributed by atoms with E-state index in [0.29, 0.717) is 5.92 Å². The summed E-state index contributed by atoms with van der Waals surface area (Å²) in [6.45, 7) is 13.0. The van der Waals surface area contributed by atoms with Crippen LogP contribution < -0.4 is 5.73 Å². The third-order valence-corrected chi connectivity index (χ3v) is 4.63. The van der Waals surface area contributed by atoms with Gasteiger partial charge >= 0.3 is 0 Å². The Bertz CT molecular complexity index is 427. The maximum atomic E-state index is 10.3. The second kappa shape index (κ2) is 7.24. The summed E-state index contributed by atoms with van der Waals surface area (Å²) in [5.74, 6) is 0.339. The first-order chi connectivity index (χ1) is 9.29. The normalized spacial score (nSPS) is 16.0. The number of benzene rings is 1. The summed E-state index contributed by atoms with van der Waals surface area (Å²) < 4.78 is 0. The Kier molecular flexibility index (Phi) is 6.22. The van der Waals surface area contributed by atoms with Gasteiger partial charge in [0.25, 0.3) is 0 Å². The van der Waals surface area contributed by atoms with Crippen LogP contribution in [0, 0.1) is 27.7 Å². The van der Waals surface area contributed by atoms with Crippen molar-refractivity contribution in [2.45, 2.75) is 78.9 Å². The molecule has 0 fully saturated rings. The van der Waals surface area contributed by atoms with Crippen molar-refractivity contribution in [3.8, 4) is 0 Å². The number of rotatable bonds is 6. The van der Waals surface area contributed by atoms with E-state index in [4.69, 9.17) is 5.73 Å². The number of aliphatic hydroxyl groups excluding tert-OH is 1. The standard InChI is InChI=1S/C18H31NO/c1-7-8-16(19)17(20)10-13(4)18-14(5)11(2)9-12(3)15(18)6/h9,13,16-17,20H,7-8,10,19H2,1-6H3. The first kappa shape index (κ1) is 17.2. The van der Waals surface area contributed by atoms with Crippen molar-refractivity contribution in [1.29, 1.82) is 0 Å². The lowest BCUT2D eigenvalue weighted by molar-refractivity contribution is 0.124. The molecule has 0 spiro atoms. The van der Waals surface area contributed by atoms with Gasteiger partial charge in [-0.1, -0.05) is 26.3 Å². The van der Waals surface area contributed by atoms with Crippen LogP contribution in [-0.2, 0) is 0 Å². The molecule has 114 valence electrons. The molecule has 1 aromatic carbocycles. The molecule has 2 nitrogen and oxygen atoms in total. The van der Waals surface area contributed by atoms with Gasteiger partial charge < -0.3 is 10.8 Å². The van der Waals surface area contributed by atoms with Gasteiger partial charge in [-0.05, 0) is 74.3 Å². The second-order valence-electron chi connectivity index (χ2n) is 6.33. The first-order valence-electron chi connectivity index (χ1n) is 7.80. The van der Waals surface area contributed by atoms with Gasteiger partial charge in [0.05, 0.1) is 6.10 Å². The highest BCUT2D eigenvalue weighted by molar-refractivity contribution is 5.45. The molecule has 0 saturated carbocycles. The van der Waals surface area contributed by atoms with Crippen LogP contribution in [0.15, 0.2) is 6.07 Å². The highest BCUT2D eigenvalue weighted by Crippen LogP contribution is 2.31.